The molecule has 4 rings (SSSR count). The topological polar surface area (TPSA) is 99.3 Å². The molecule has 0 spiro atoms. The monoisotopic (exact) mass is 403 g/mol. The van der Waals surface area contributed by atoms with Crippen molar-refractivity contribution in [2.24, 2.45) is 0 Å². The summed E-state index contributed by atoms with van der Waals surface area (Å²) in [6, 6.07) is 5.95. The maximum absolute atomic E-state index is 13.0. The highest BCUT2D eigenvalue weighted by atomic mass is 32.2. The van der Waals surface area contributed by atoms with Gasteiger partial charge in [0.15, 0.2) is 0 Å². The van der Waals surface area contributed by atoms with Crippen LogP contribution >= 0.6 is 0 Å². The SMILES string of the molecule is O=C(NC1CCCC1)c1cc(=O)[nH]c2ccc(S(=O)(=O)N3CCCCC3)cc12. The number of fused-ring (bicyclic) bond motifs is 1. The second-order valence-corrected chi connectivity index (χ2v) is 9.61. The van der Waals surface area contributed by atoms with Gasteiger partial charge in [-0.25, -0.2) is 8.42 Å². The number of benzene rings is 1. The van der Waals surface area contributed by atoms with Gasteiger partial charge in [0.05, 0.1) is 10.5 Å². The highest BCUT2D eigenvalue weighted by Gasteiger charge is 2.27. The Kier molecular flexibility index (Phi) is 5.25. The summed E-state index contributed by atoms with van der Waals surface area (Å²) in [6.45, 7) is 1.03. The van der Waals surface area contributed by atoms with E-state index in [1.54, 1.807) is 6.07 Å². The Bertz CT molecular complexity index is 1050. The number of amides is 1. The summed E-state index contributed by atoms with van der Waals surface area (Å²) in [5, 5.41) is 3.44. The van der Waals surface area contributed by atoms with Crippen LogP contribution in [0.4, 0.5) is 0 Å². The molecule has 1 aromatic heterocycles. The Morgan fingerprint density at radius 2 is 1.75 bits per heavy atom. The van der Waals surface area contributed by atoms with Crippen LogP contribution in [-0.4, -0.2) is 42.7 Å². The predicted molar refractivity (Wildman–Crippen MR) is 107 cm³/mol. The molecule has 1 saturated heterocycles. The molecule has 150 valence electrons. The first-order valence-corrected chi connectivity index (χ1v) is 11.4. The van der Waals surface area contributed by atoms with Gasteiger partial charge in [-0.15, -0.1) is 0 Å². The summed E-state index contributed by atoms with van der Waals surface area (Å²) in [4.78, 5) is 27.7. The molecule has 1 aromatic carbocycles. The molecule has 1 amide bonds. The average molecular weight is 404 g/mol. The molecule has 2 fully saturated rings. The van der Waals surface area contributed by atoms with Gasteiger partial charge < -0.3 is 10.3 Å². The van der Waals surface area contributed by atoms with Crippen LogP contribution in [0.1, 0.15) is 55.3 Å². The van der Waals surface area contributed by atoms with E-state index in [-0.39, 0.29) is 28.0 Å². The summed E-state index contributed by atoms with van der Waals surface area (Å²) in [5.74, 6) is -0.324. The minimum Gasteiger partial charge on any atom is -0.349 e. The molecule has 2 heterocycles. The van der Waals surface area contributed by atoms with Crippen LogP contribution in [0.2, 0.25) is 0 Å². The summed E-state index contributed by atoms with van der Waals surface area (Å²) in [5.41, 5.74) is 0.304. The zero-order valence-electron chi connectivity index (χ0n) is 15.7. The van der Waals surface area contributed by atoms with Crippen molar-refractivity contribution in [3.63, 3.8) is 0 Å². The number of aromatic amines is 1. The quantitative estimate of drug-likeness (QED) is 0.819. The van der Waals surface area contributed by atoms with Gasteiger partial charge in [-0.05, 0) is 43.9 Å². The van der Waals surface area contributed by atoms with Gasteiger partial charge in [0.2, 0.25) is 15.6 Å². The lowest BCUT2D eigenvalue weighted by Gasteiger charge is -2.26. The number of aromatic nitrogens is 1. The number of rotatable bonds is 4. The molecule has 7 nitrogen and oxygen atoms in total. The van der Waals surface area contributed by atoms with Crippen LogP contribution in [-0.2, 0) is 10.0 Å². The first kappa shape index (κ1) is 19.1. The Morgan fingerprint density at radius 3 is 2.46 bits per heavy atom. The smallest absolute Gasteiger partial charge is 0.252 e. The van der Waals surface area contributed by atoms with Gasteiger partial charge in [0, 0.05) is 36.1 Å². The number of carbonyl (C=O) groups excluding carboxylic acids is 1. The number of hydrogen-bond donors (Lipinski definition) is 2. The maximum atomic E-state index is 13.0. The fourth-order valence-corrected chi connectivity index (χ4v) is 5.71. The van der Waals surface area contributed by atoms with Crippen molar-refractivity contribution in [2.45, 2.75) is 55.9 Å². The Hall–Kier alpha value is -2.19. The zero-order chi connectivity index (χ0) is 19.7. The number of nitrogens with one attached hydrogen (secondary N) is 2. The lowest BCUT2D eigenvalue weighted by molar-refractivity contribution is 0.0939. The normalized spacial score (nSPS) is 19.1. The first-order valence-electron chi connectivity index (χ1n) is 9.93. The number of sulfonamides is 1. The molecule has 0 radical (unpaired) electrons. The molecular weight excluding hydrogens is 378 g/mol. The van der Waals surface area contributed by atoms with Crippen molar-refractivity contribution >= 4 is 26.8 Å². The Labute approximate surface area is 164 Å². The highest BCUT2D eigenvalue weighted by Crippen LogP contribution is 2.25. The van der Waals surface area contributed by atoms with Crippen molar-refractivity contribution in [1.29, 1.82) is 0 Å². The lowest BCUT2D eigenvalue weighted by Crippen LogP contribution is -2.35. The van der Waals surface area contributed by atoms with Crippen LogP contribution in [0.25, 0.3) is 10.9 Å². The largest absolute Gasteiger partial charge is 0.349 e. The van der Waals surface area contributed by atoms with E-state index in [1.807, 2.05) is 0 Å². The molecule has 8 heteroatoms. The maximum Gasteiger partial charge on any atom is 0.252 e. The van der Waals surface area contributed by atoms with E-state index < -0.39 is 10.0 Å². The minimum atomic E-state index is -3.62. The molecule has 0 unspecified atom stereocenters. The van der Waals surface area contributed by atoms with E-state index in [4.69, 9.17) is 0 Å². The molecule has 1 aliphatic carbocycles. The third-order valence-electron chi connectivity index (χ3n) is 5.70. The summed E-state index contributed by atoms with van der Waals surface area (Å²) in [7, 11) is -3.62. The second-order valence-electron chi connectivity index (χ2n) is 7.67. The van der Waals surface area contributed by atoms with Crippen LogP contribution < -0.4 is 10.9 Å². The first-order chi connectivity index (χ1) is 13.4. The fraction of sp³-hybridized carbons (Fsp3) is 0.500. The number of hydrogen-bond acceptors (Lipinski definition) is 4. The van der Waals surface area contributed by atoms with Gasteiger partial charge in [-0.1, -0.05) is 19.3 Å². The second kappa shape index (κ2) is 7.67. The number of carbonyl (C=O) groups is 1. The number of pyridine rings is 1. The van der Waals surface area contributed by atoms with Crippen molar-refractivity contribution in [1.82, 2.24) is 14.6 Å². The molecule has 1 aliphatic heterocycles. The van der Waals surface area contributed by atoms with Crippen LogP contribution in [0.5, 0.6) is 0 Å². The van der Waals surface area contributed by atoms with E-state index in [0.29, 0.717) is 24.0 Å². The van der Waals surface area contributed by atoms with Crippen LogP contribution in [0, 0.1) is 0 Å². The Balaban J connectivity index is 1.74. The molecule has 1 saturated carbocycles. The third-order valence-corrected chi connectivity index (χ3v) is 7.60. The molecule has 2 N–H and O–H groups in total. The fourth-order valence-electron chi connectivity index (χ4n) is 4.17. The molecule has 0 atom stereocenters. The molecular formula is C20H25N3O4S. The van der Waals surface area contributed by atoms with Crippen molar-refractivity contribution in [2.75, 3.05) is 13.1 Å². The molecule has 28 heavy (non-hydrogen) atoms. The van der Waals surface area contributed by atoms with Gasteiger partial charge in [-0.3, -0.25) is 9.59 Å². The van der Waals surface area contributed by atoms with Crippen LogP contribution in [0.15, 0.2) is 34.0 Å². The van der Waals surface area contributed by atoms with E-state index in [1.165, 1.54) is 22.5 Å². The Morgan fingerprint density at radius 1 is 1.04 bits per heavy atom. The van der Waals surface area contributed by atoms with Gasteiger partial charge in [-0.2, -0.15) is 4.31 Å². The third kappa shape index (κ3) is 3.71. The lowest BCUT2D eigenvalue weighted by atomic mass is 10.1. The average Bonchev–Trinajstić information content (AvgIpc) is 3.20. The number of H-pyrrole nitrogens is 1. The van der Waals surface area contributed by atoms with E-state index >= 15 is 0 Å². The van der Waals surface area contributed by atoms with Crippen LogP contribution in [0.3, 0.4) is 0 Å². The zero-order valence-corrected chi connectivity index (χ0v) is 16.6. The minimum absolute atomic E-state index is 0.113. The standard InChI is InChI=1S/C20H25N3O4S/c24-19-13-17(20(25)21-14-6-2-3-7-14)16-12-15(8-9-18(16)22-19)28(26,27)23-10-4-1-5-11-23/h8-9,12-14H,1-7,10-11H2,(H,21,25)(H,22,24). The van der Waals surface area contributed by atoms with Crippen molar-refractivity contribution < 1.29 is 13.2 Å². The summed E-state index contributed by atoms with van der Waals surface area (Å²) < 4.78 is 27.5. The highest BCUT2D eigenvalue weighted by molar-refractivity contribution is 7.89. The summed E-state index contributed by atoms with van der Waals surface area (Å²) in [6.07, 6.45) is 6.78. The molecule has 2 aromatic rings. The van der Waals surface area contributed by atoms with E-state index in [0.717, 1.165) is 44.9 Å². The van der Waals surface area contributed by atoms with Crippen molar-refractivity contribution in [3.05, 3.63) is 40.2 Å². The van der Waals surface area contributed by atoms with Gasteiger partial charge in [0.25, 0.3) is 5.91 Å². The van der Waals surface area contributed by atoms with E-state index in [2.05, 4.69) is 10.3 Å². The molecule has 0 bridgehead atoms. The number of nitrogens with zero attached hydrogens (tertiary/aromatic N) is 1. The summed E-state index contributed by atoms with van der Waals surface area (Å²) >= 11 is 0. The van der Waals surface area contributed by atoms with Gasteiger partial charge in [0.1, 0.15) is 0 Å². The number of piperidine rings is 1. The van der Waals surface area contributed by atoms with Crippen molar-refractivity contribution in [3.8, 4) is 0 Å². The molecule has 2 aliphatic rings. The van der Waals surface area contributed by atoms with Gasteiger partial charge >= 0.3 is 0 Å². The predicted octanol–water partition coefficient (Wildman–Crippen LogP) is 2.38. The van der Waals surface area contributed by atoms with E-state index in [9.17, 15) is 18.0 Å².